The van der Waals surface area contributed by atoms with E-state index in [9.17, 15) is 0 Å². The first-order chi connectivity index (χ1) is 5.77. The third-order valence-electron chi connectivity index (χ3n) is 1.37. The van der Waals surface area contributed by atoms with E-state index in [2.05, 4.69) is 10.3 Å². The number of aromatic nitrogens is 2. The summed E-state index contributed by atoms with van der Waals surface area (Å²) >= 11 is 0. The molecule has 4 N–H and O–H groups in total. The largest absolute Gasteiger partial charge is 0.409 e. The minimum atomic E-state index is 0.0112. The summed E-state index contributed by atoms with van der Waals surface area (Å²) in [5.74, 6) is 0.0131. The Kier molecular flexibility index (Phi) is 2.65. The second-order valence-corrected chi connectivity index (χ2v) is 2.20. The molecule has 0 radical (unpaired) electrons. The van der Waals surface area contributed by atoms with Crippen molar-refractivity contribution in [3.8, 4) is 0 Å². The van der Waals surface area contributed by atoms with E-state index in [1.165, 1.54) is 10.9 Å². The number of nitrogens with zero attached hydrogens (tertiary/aromatic N) is 3. The number of oxime groups is 1. The van der Waals surface area contributed by atoms with E-state index in [1.54, 1.807) is 6.20 Å². The molecule has 0 spiro atoms. The molecular formula is C6H10N4O2. The van der Waals surface area contributed by atoms with Crippen molar-refractivity contribution in [1.82, 2.24) is 9.78 Å². The molecular weight excluding hydrogens is 160 g/mol. The van der Waals surface area contributed by atoms with Gasteiger partial charge in [-0.1, -0.05) is 5.16 Å². The van der Waals surface area contributed by atoms with Gasteiger partial charge < -0.3 is 16.0 Å². The summed E-state index contributed by atoms with van der Waals surface area (Å²) in [6.45, 7) is 0.413. The molecule has 0 saturated heterocycles. The number of hydrogen-bond acceptors (Lipinski definition) is 4. The summed E-state index contributed by atoms with van der Waals surface area (Å²) in [6, 6.07) is 0. The smallest absolute Gasteiger partial charge is 0.173 e. The predicted molar refractivity (Wildman–Crippen MR) is 41.8 cm³/mol. The highest BCUT2D eigenvalue weighted by Gasteiger charge is 2.01. The molecule has 12 heavy (non-hydrogen) atoms. The molecule has 0 aliphatic heterocycles. The summed E-state index contributed by atoms with van der Waals surface area (Å²) in [5.41, 5.74) is 5.82. The van der Waals surface area contributed by atoms with Crippen LogP contribution in [0.1, 0.15) is 5.56 Å². The number of aliphatic hydroxyl groups excluding tert-OH is 1. The number of rotatable bonds is 3. The van der Waals surface area contributed by atoms with Crippen LogP contribution in [0.2, 0.25) is 0 Å². The average molecular weight is 170 g/mol. The van der Waals surface area contributed by atoms with Crippen LogP contribution < -0.4 is 5.73 Å². The topological polar surface area (TPSA) is 96.7 Å². The molecule has 0 bridgehead atoms. The van der Waals surface area contributed by atoms with Gasteiger partial charge in [-0.2, -0.15) is 5.10 Å². The zero-order valence-electron chi connectivity index (χ0n) is 6.38. The Morgan fingerprint density at radius 1 is 1.75 bits per heavy atom. The minimum absolute atomic E-state index is 0.0112. The standard InChI is InChI=1S/C6H10N4O2/c7-6(9-12)5-3-8-10(4-5)1-2-11/h3-4,11-12H,1-2H2,(H2,7,9). The summed E-state index contributed by atoms with van der Waals surface area (Å²) in [6.07, 6.45) is 3.05. The lowest BCUT2D eigenvalue weighted by Gasteiger charge is -1.94. The SMILES string of the molecule is N/C(=N\O)c1cnn(CCO)c1. The van der Waals surface area contributed by atoms with Gasteiger partial charge in [0.15, 0.2) is 5.84 Å². The van der Waals surface area contributed by atoms with Gasteiger partial charge >= 0.3 is 0 Å². The van der Waals surface area contributed by atoms with Crippen LogP contribution in [-0.2, 0) is 6.54 Å². The molecule has 0 unspecified atom stereocenters. The molecule has 1 heterocycles. The Labute approximate surface area is 68.9 Å². The van der Waals surface area contributed by atoms with Crippen molar-refractivity contribution in [2.24, 2.45) is 10.9 Å². The van der Waals surface area contributed by atoms with Gasteiger partial charge in [-0.15, -0.1) is 0 Å². The molecule has 0 aliphatic carbocycles. The van der Waals surface area contributed by atoms with E-state index in [0.29, 0.717) is 12.1 Å². The van der Waals surface area contributed by atoms with Crippen molar-refractivity contribution < 1.29 is 10.3 Å². The van der Waals surface area contributed by atoms with Crippen molar-refractivity contribution in [2.75, 3.05) is 6.61 Å². The van der Waals surface area contributed by atoms with Gasteiger partial charge in [-0.05, 0) is 0 Å². The van der Waals surface area contributed by atoms with Crippen molar-refractivity contribution in [3.63, 3.8) is 0 Å². The normalized spacial score (nSPS) is 11.9. The minimum Gasteiger partial charge on any atom is -0.409 e. The molecule has 0 saturated carbocycles. The second kappa shape index (κ2) is 3.72. The molecule has 6 nitrogen and oxygen atoms in total. The Bertz CT molecular complexity index is 281. The lowest BCUT2D eigenvalue weighted by Crippen LogP contribution is -2.12. The molecule has 0 fully saturated rings. The van der Waals surface area contributed by atoms with Gasteiger partial charge in [0.2, 0.25) is 0 Å². The van der Waals surface area contributed by atoms with E-state index in [1.807, 2.05) is 0 Å². The highest BCUT2D eigenvalue weighted by molar-refractivity contribution is 5.96. The lowest BCUT2D eigenvalue weighted by atomic mass is 10.3. The fraction of sp³-hybridized carbons (Fsp3) is 0.333. The van der Waals surface area contributed by atoms with Crippen LogP contribution in [-0.4, -0.2) is 32.5 Å². The molecule has 6 heteroatoms. The van der Waals surface area contributed by atoms with Gasteiger partial charge in [0, 0.05) is 6.20 Å². The molecule has 0 atom stereocenters. The maximum absolute atomic E-state index is 8.55. The Morgan fingerprint density at radius 2 is 2.50 bits per heavy atom. The second-order valence-electron chi connectivity index (χ2n) is 2.20. The summed E-state index contributed by atoms with van der Waals surface area (Å²) < 4.78 is 1.51. The van der Waals surface area contributed by atoms with Gasteiger partial charge in [0.05, 0.1) is 24.9 Å². The van der Waals surface area contributed by atoms with Crippen LogP contribution in [0.3, 0.4) is 0 Å². The highest BCUT2D eigenvalue weighted by atomic mass is 16.4. The van der Waals surface area contributed by atoms with Crippen molar-refractivity contribution in [2.45, 2.75) is 6.54 Å². The maximum Gasteiger partial charge on any atom is 0.173 e. The summed E-state index contributed by atoms with van der Waals surface area (Å²) in [7, 11) is 0. The molecule has 0 aliphatic rings. The molecule has 0 amide bonds. The molecule has 1 aromatic rings. The van der Waals surface area contributed by atoms with Crippen LogP contribution >= 0.6 is 0 Å². The summed E-state index contributed by atoms with van der Waals surface area (Å²) in [4.78, 5) is 0. The number of amidine groups is 1. The van der Waals surface area contributed by atoms with Crippen molar-refractivity contribution >= 4 is 5.84 Å². The first-order valence-electron chi connectivity index (χ1n) is 3.39. The third kappa shape index (κ3) is 1.73. The van der Waals surface area contributed by atoms with E-state index < -0.39 is 0 Å². The van der Waals surface area contributed by atoms with Crippen molar-refractivity contribution in [3.05, 3.63) is 18.0 Å². The van der Waals surface area contributed by atoms with Gasteiger partial charge in [-0.25, -0.2) is 0 Å². The first kappa shape index (κ1) is 8.54. The van der Waals surface area contributed by atoms with E-state index >= 15 is 0 Å². The Balaban J connectivity index is 2.77. The average Bonchev–Trinajstić information content (AvgIpc) is 2.52. The van der Waals surface area contributed by atoms with Crippen LogP contribution in [0.5, 0.6) is 0 Å². The van der Waals surface area contributed by atoms with E-state index in [0.717, 1.165) is 0 Å². The van der Waals surface area contributed by atoms with Crippen molar-refractivity contribution in [1.29, 1.82) is 0 Å². The monoisotopic (exact) mass is 170 g/mol. The maximum atomic E-state index is 8.55. The number of hydrogen-bond donors (Lipinski definition) is 3. The zero-order chi connectivity index (χ0) is 8.97. The van der Waals surface area contributed by atoms with Crippen LogP contribution in [0.15, 0.2) is 17.5 Å². The van der Waals surface area contributed by atoms with Crippen LogP contribution in [0.25, 0.3) is 0 Å². The van der Waals surface area contributed by atoms with Crippen LogP contribution in [0.4, 0.5) is 0 Å². The highest BCUT2D eigenvalue weighted by Crippen LogP contribution is 1.96. The fourth-order valence-corrected chi connectivity index (χ4v) is 0.778. The van der Waals surface area contributed by atoms with Gasteiger partial charge in [0.1, 0.15) is 0 Å². The molecule has 1 rings (SSSR count). The predicted octanol–water partition coefficient (Wildman–Crippen LogP) is -1.03. The van der Waals surface area contributed by atoms with Gasteiger partial charge in [-0.3, -0.25) is 4.68 Å². The molecule has 66 valence electrons. The third-order valence-corrected chi connectivity index (χ3v) is 1.37. The Hall–Kier alpha value is -1.56. The quantitative estimate of drug-likeness (QED) is 0.234. The van der Waals surface area contributed by atoms with E-state index in [4.69, 9.17) is 16.0 Å². The molecule has 0 aromatic carbocycles. The summed E-state index contributed by atoms with van der Waals surface area (Å²) in [5, 5.41) is 23.5. The van der Waals surface area contributed by atoms with E-state index in [-0.39, 0.29) is 12.4 Å². The zero-order valence-corrected chi connectivity index (χ0v) is 6.38. The Morgan fingerprint density at radius 3 is 3.08 bits per heavy atom. The first-order valence-corrected chi connectivity index (χ1v) is 3.39. The fourth-order valence-electron chi connectivity index (χ4n) is 0.778. The van der Waals surface area contributed by atoms with Crippen LogP contribution in [0, 0.1) is 0 Å². The molecule has 1 aromatic heterocycles. The number of aliphatic hydroxyl groups is 1. The van der Waals surface area contributed by atoms with Gasteiger partial charge in [0.25, 0.3) is 0 Å². The number of nitrogens with two attached hydrogens (primary N) is 1. The lowest BCUT2D eigenvalue weighted by molar-refractivity contribution is 0.269.